The highest BCUT2D eigenvalue weighted by atomic mass is 79.9. The van der Waals surface area contributed by atoms with E-state index in [1.807, 2.05) is 0 Å². The van der Waals surface area contributed by atoms with Crippen LogP contribution in [0.5, 0.6) is 5.75 Å². The van der Waals surface area contributed by atoms with Gasteiger partial charge >= 0.3 is 5.69 Å². The average molecular weight is 375 g/mol. The molecule has 0 atom stereocenters. The molecule has 2 aromatic rings. The third kappa shape index (κ3) is 3.92. The van der Waals surface area contributed by atoms with Crippen LogP contribution in [0.3, 0.4) is 0 Å². The van der Waals surface area contributed by atoms with Gasteiger partial charge in [-0.2, -0.15) is 0 Å². The van der Waals surface area contributed by atoms with E-state index in [2.05, 4.69) is 15.9 Å². The van der Waals surface area contributed by atoms with Gasteiger partial charge in [0.2, 0.25) is 0 Å². The summed E-state index contributed by atoms with van der Waals surface area (Å²) in [4.78, 5) is 10.5. The number of halogens is 3. The van der Waals surface area contributed by atoms with Crippen molar-refractivity contribution < 1.29 is 14.1 Å². The first kappa shape index (κ1) is 15.7. The van der Waals surface area contributed by atoms with Crippen molar-refractivity contribution in [3.05, 3.63) is 68.5 Å². The van der Waals surface area contributed by atoms with Gasteiger partial charge in [-0.25, -0.2) is 4.39 Å². The average Bonchev–Trinajstić information content (AvgIpc) is 2.48. The summed E-state index contributed by atoms with van der Waals surface area (Å²) in [6, 6.07) is 8.69. The van der Waals surface area contributed by atoms with Gasteiger partial charge in [0.15, 0.2) is 5.75 Å². The lowest BCUT2D eigenvalue weighted by Crippen LogP contribution is -2.01. The minimum absolute atomic E-state index is 0.0871. The molecule has 2 rings (SSSR count). The van der Waals surface area contributed by atoms with Gasteiger partial charge in [-0.1, -0.05) is 33.6 Å². The van der Waals surface area contributed by atoms with E-state index < -0.39 is 10.7 Å². The van der Waals surface area contributed by atoms with Crippen molar-refractivity contribution in [1.82, 2.24) is 0 Å². The Morgan fingerprint density at radius 1 is 1.29 bits per heavy atom. The summed E-state index contributed by atoms with van der Waals surface area (Å²) in [5.41, 5.74) is 0.832. The summed E-state index contributed by atoms with van der Waals surface area (Å²) < 4.78 is 18.9. The van der Waals surface area contributed by atoms with Crippen molar-refractivity contribution in [1.29, 1.82) is 0 Å². The number of rotatable bonds is 5. The normalized spacial score (nSPS) is 10.4. The van der Waals surface area contributed by atoms with Crippen LogP contribution in [0, 0.1) is 15.9 Å². The molecule has 0 amide bonds. The number of ether oxygens (including phenoxy) is 1. The van der Waals surface area contributed by atoms with E-state index in [0.29, 0.717) is 10.4 Å². The van der Waals surface area contributed by atoms with E-state index in [0.717, 1.165) is 5.56 Å². The van der Waals surface area contributed by atoms with Crippen LogP contribution in [-0.2, 0) is 11.9 Å². The summed E-state index contributed by atoms with van der Waals surface area (Å²) >= 11 is 9.02. The van der Waals surface area contributed by atoms with E-state index in [1.165, 1.54) is 30.3 Å². The minimum Gasteiger partial charge on any atom is -0.482 e. The van der Waals surface area contributed by atoms with Gasteiger partial charge in [0, 0.05) is 22.0 Å². The molecule has 0 saturated heterocycles. The standard InChI is InChI=1S/C14H10BrClFNO3/c15-7-9-1-4-14(13(5-9)18(19)20)21-8-10-6-11(16)2-3-12(10)17/h1-6H,7-8H2. The summed E-state index contributed by atoms with van der Waals surface area (Å²) in [7, 11) is 0. The molecule has 2 aromatic carbocycles. The Hall–Kier alpha value is -1.66. The van der Waals surface area contributed by atoms with Gasteiger partial charge in [-0.05, 0) is 29.8 Å². The summed E-state index contributed by atoms with van der Waals surface area (Å²) in [5.74, 6) is -0.386. The molecule has 7 heteroatoms. The lowest BCUT2D eigenvalue weighted by atomic mass is 10.2. The zero-order valence-corrected chi connectivity index (χ0v) is 13.0. The van der Waals surface area contributed by atoms with Gasteiger partial charge in [-0.15, -0.1) is 0 Å². The Morgan fingerprint density at radius 3 is 2.71 bits per heavy atom. The second-order valence-corrected chi connectivity index (χ2v) is 5.21. The predicted molar refractivity (Wildman–Crippen MR) is 81.5 cm³/mol. The van der Waals surface area contributed by atoms with Crippen LogP contribution >= 0.6 is 27.5 Å². The zero-order chi connectivity index (χ0) is 15.4. The second kappa shape index (κ2) is 6.87. The van der Waals surface area contributed by atoms with E-state index in [4.69, 9.17) is 16.3 Å². The molecule has 0 bridgehead atoms. The highest BCUT2D eigenvalue weighted by molar-refractivity contribution is 9.08. The SMILES string of the molecule is O=[N+]([O-])c1cc(CBr)ccc1OCc1cc(Cl)ccc1F. The van der Waals surface area contributed by atoms with Gasteiger partial charge in [-0.3, -0.25) is 10.1 Å². The van der Waals surface area contributed by atoms with Crippen LogP contribution in [0.25, 0.3) is 0 Å². The number of hydrogen-bond acceptors (Lipinski definition) is 3. The molecule has 0 heterocycles. The van der Waals surface area contributed by atoms with Crippen molar-refractivity contribution in [2.75, 3.05) is 0 Å². The summed E-state index contributed by atoms with van der Waals surface area (Å²) in [5, 5.41) is 11.9. The smallest absolute Gasteiger partial charge is 0.311 e. The molecule has 0 unspecified atom stereocenters. The molecule has 0 spiro atoms. The molecule has 0 aliphatic heterocycles. The highest BCUT2D eigenvalue weighted by Gasteiger charge is 2.16. The number of nitro benzene ring substituents is 1. The van der Waals surface area contributed by atoms with Crippen molar-refractivity contribution >= 4 is 33.2 Å². The van der Waals surface area contributed by atoms with Crippen LogP contribution in [-0.4, -0.2) is 4.92 Å². The fourth-order valence-corrected chi connectivity index (χ4v) is 2.26. The largest absolute Gasteiger partial charge is 0.482 e. The predicted octanol–water partition coefficient (Wildman–Crippen LogP) is 4.86. The Labute approximate surface area is 133 Å². The van der Waals surface area contributed by atoms with Crippen molar-refractivity contribution in [2.45, 2.75) is 11.9 Å². The van der Waals surface area contributed by atoms with Crippen LogP contribution in [0.15, 0.2) is 36.4 Å². The maximum Gasteiger partial charge on any atom is 0.311 e. The highest BCUT2D eigenvalue weighted by Crippen LogP contribution is 2.30. The first-order chi connectivity index (χ1) is 10.0. The first-order valence-corrected chi connectivity index (χ1v) is 7.41. The van der Waals surface area contributed by atoms with Crippen LogP contribution in [0.4, 0.5) is 10.1 Å². The minimum atomic E-state index is -0.532. The third-order valence-electron chi connectivity index (χ3n) is 2.77. The van der Waals surface area contributed by atoms with Gasteiger partial charge in [0.1, 0.15) is 12.4 Å². The van der Waals surface area contributed by atoms with E-state index in [-0.39, 0.29) is 23.6 Å². The molecular weight excluding hydrogens is 365 g/mol. The molecule has 0 N–H and O–H groups in total. The van der Waals surface area contributed by atoms with Gasteiger partial charge in [0.05, 0.1) is 4.92 Å². The number of nitro groups is 1. The van der Waals surface area contributed by atoms with Crippen molar-refractivity contribution in [3.63, 3.8) is 0 Å². The number of nitrogens with zero attached hydrogens (tertiary/aromatic N) is 1. The monoisotopic (exact) mass is 373 g/mol. The lowest BCUT2D eigenvalue weighted by molar-refractivity contribution is -0.386. The molecule has 0 aliphatic rings. The summed E-state index contributed by atoms with van der Waals surface area (Å²) in [6.45, 7) is -0.138. The Kier molecular flexibility index (Phi) is 5.14. The van der Waals surface area contributed by atoms with Crippen LogP contribution in [0.2, 0.25) is 5.02 Å². The maximum absolute atomic E-state index is 13.6. The number of alkyl halides is 1. The molecule has 21 heavy (non-hydrogen) atoms. The Bertz CT molecular complexity index is 681. The van der Waals surface area contributed by atoms with Crippen LogP contribution in [0.1, 0.15) is 11.1 Å². The molecular formula is C14H10BrClFNO3. The van der Waals surface area contributed by atoms with Crippen molar-refractivity contribution in [3.8, 4) is 5.75 Å². The van der Waals surface area contributed by atoms with E-state index in [9.17, 15) is 14.5 Å². The summed E-state index contributed by atoms with van der Waals surface area (Å²) in [6.07, 6.45) is 0. The molecule has 0 aromatic heterocycles. The Morgan fingerprint density at radius 2 is 2.05 bits per heavy atom. The van der Waals surface area contributed by atoms with E-state index in [1.54, 1.807) is 6.07 Å². The zero-order valence-electron chi connectivity index (χ0n) is 10.7. The first-order valence-electron chi connectivity index (χ1n) is 5.91. The molecule has 0 aliphatic carbocycles. The van der Waals surface area contributed by atoms with Gasteiger partial charge < -0.3 is 4.74 Å². The molecule has 0 saturated carbocycles. The topological polar surface area (TPSA) is 52.4 Å². The maximum atomic E-state index is 13.6. The quantitative estimate of drug-likeness (QED) is 0.426. The van der Waals surface area contributed by atoms with E-state index >= 15 is 0 Å². The fraction of sp³-hybridized carbons (Fsp3) is 0.143. The number of hydrogen-bond donors (Lipinski definition) is 0. The fourth-order valence-electron chi connectivity index (χ4n) is 1.72. The second-order valence-electron chi connectivity index (χ2n) is 4.22. The van der Waals surface area contributed by atoms with Crippen LogP contribution < -0.4 is 4.74 Å². The van der Waals surface area contributed by atoms with Gasteiger partial charge in [0.25, 0.3) is 0 Å². The Balaban J connectivity index is 2.23. The lowest BCUT2D eigenvalue weighted by Gasteiger charge is -2.09. The third-order valence-corrected chi connectivity index (χ3v) is 3.65. The molecule has 4 nitrogen and oxygen atoms in total. The molecule has 0 radical (unpaired) electrons. The molecule has 0 fully saturated rings. The molecule has 110 valence electrons. The number of benzene rings is 2. The van der Waals surface area contributed by atoms with Crippen molar-refractivity contribution in [2.24, 2.45) is 0 Å².